The fraction of sp³-hybridized carbons (Fsp3) is 0.429. The van der Waals surface area contributed by atoms with Gasteiger partial charge >= 0.3 is 0 Å². The summed E-state index contributed by atoms with van der Waals surface area (Å²) in [5, 5.41) is 5.53. The Morgan fingerprint density at radius 2 is 1.78 bits per heavy atom. The monoisotopic (exact) mass is 248 g/mol. The average molecular weight is 248 g/mol. The van der Waals surface area contributed by atoms with Crippen LogP contribution in [0.25, 0.3) is 0 Å². The minimum absolute atomic E-state index is 0.0456. The molecule has 0 aromatic heterocycles. The Balaban J connectivity index is 2.39. The molecule has 0 bridgehead atoms. The molecule has 4 heteroatoms. The van der Waals surface area contributed by atoms with Crippen molar-refractivity contribution in [2.24, 2.45) is 0 Å². The molecule has 0 fully saturated rings. The van der Waals surface area contributed by atoms with Crippen LogP contribution < -0.4 is 10.6 Å². The molecule has 0 aliphatic heterocycles. The maximum Gasteiger partial charge on any atom is 0.251 e. The second-order valence-corrected chi connectivity index (χ2v) is 4.41. The van der Waals surface area contributed by atoms with Gasteiger partial charge in [0.1, 0.15) is 0 Å². The van der Waals surface area contributed by atoms with Crippen LogP contribution in [0.5, 0.6) is 0 Å². The van der Waals surface area contributed by atoms with Crippen molar-refractivity contribution in [1.82, 2.24) is 10.6 Å². The van der Waals surface area contributed by atoms with Crippen LogP contribution in [0.15, 0.2) is 18.2 Å². The number of nitrogens with one attached hydrogen (secondary N) is 2. The van der Waals surface area contributed by atoms with Gasteiger partial charge in [0, 0.05) is 25.6 Å². The number of hydrogen-bond acceptors (Lipinski definition) is 2. The zero-order valence-electron chi connectivity index (χ0n) is 11.2. The third-order valence-corrected chi connectivity index (χ3v) is 2.64. The summed E-state index contributed by atoms with van der Waals surface area (Å²) in [6.07, 6.45) is 0.732. The van der Waals surface area contributed by atoms with E-state index in [0.717, 1.165) is 17.5 Å². The fourth-order valence-electron chi connectivity index (χ4n) is 1.72. The Bertz CT molecular complexity index is 441. The van der Waals surface area contributed by atoms with E-state index in [0.29, 0.717) is 18.7 Å². The molecule has 0 spiro atoms. The summed E-state index contributed by atoms with van der Waals surface area (Å²) in [6.45, 7) is 6.56. The van der Waals surface area contributed by atoms with Gasteiger partial charge in [-0.3, -0.25) is 9.59 Å². The first-order valence-electron chi connectivity index (χ1n) is 6.10. The highest BCUT2D eigenvalue weighted by atomic mass is 16.2. The van der Waals surface area contributed by atoms with Crippen molar-refractivity contribution >= 4 is 11.8 Å². The maximum absolute atomic E-state index is 11.9. The molecular formula is C14H20N2O2. The zero-order valence-corrected chi connectivity index (χ0v) is 11.2. The van der Waals surface area contributed by atoms with Crippen LogP contribution >= 0.6 is 0 Å². The van der Waals surface area contributed by atoms with Gasteiger partial charge in [-0.25, -0.2) is 0 Å². The van der Waals surface area contributed by atoms with Crippen LogP contribution in [0.3, 0.4) is 0 Å². The van der Waals surface area contributed by atoms with Gasteiger partial charge in [0.25, 0.3) is 5.91 Å². The summed E-state index contributed by atoms with van der Waals surface area (Å²) in [6, 6.07) is 5.76. The van der Waals surface area contributed by atoms with Gasteiger partial charge in [-0.15, -0.1) is 0 Å². The third kappa shape index (κ3) is 4.57. The standard InChI is InChI=1S/C14H20N2O2/c1-10-5-6-13(11(2)9-10)14(18)16-8-4-7-15-12(3)17/h5-6,9H,4,7-8H2,1-3H3,(H,15,17)(H,16,18). The predicted octanol–water partition coefficient (Wildman–Crippen LogP) is 1.56. The summed E-state index contributed by atoms with van der Waals surface area (Å²) in [7, 11) is 0. The van der Waals surface area contributed by atoms with Crippen LogP contribution in [-0.2, 0) is 4.79 Å². The SMILES string of the molecule is CC(=O)NCCCNC(=O)c1ccc(C)cc1C. The minimum atomic E-state index is -0.0599. The first-order valence-corrected chi connectivity index (χ1v) is 6.10. The van der Waals surface area contributed by atoms with Gasteiger partial charge in [-0.2, -0.15) is 0 Å². The first kappa shape index (κ1) is 14.2. The summed E-state index contributed by atoms with van der Waals surface area (Å²) in [5.74, 6) is -0.106. The van der Waals surface area contributed by atoms with E-state index in [4.69, 9.17) is 0 Å². The molecule has 1 aromatic carbocycles. The average Bonchev–Trinajstić information content (AvgIpc) is 2.27. The van der Waals surface area contributed by atoms with Gasteiger partial charge in [-0.1, -0.05) is 17.7 Å². The zero-order chi connectivity index (χ0) is 13.5. The molecule has 2 N–H and O–H groups in total. The Labute approximate surface area is 108 Å². The lowest BCUT2D eigenvalue weighted by Crippen LogP contribution is -2.29. The highest BCUT2D eigenvalue weighted by Crippen LogP contribution is 2.10. The van der Waals surface area contributed by atoms with Gasteiger partial charge < -0.3 is 10.6 Å². The van der Waals surface area contributed by atoms with Gasteiger partial charge in [-0.05, 0) is 31.9 Å². The molecule has 0 aliphatic carbocycles. The Hall–Kier alpha value is -1.84. The Morgan fingerprint density at radius 1 is 1.11 bits per heavy atom. The van der Waals surface area contributed by atoms with Crippen molar-refractivity contribution in [3.8, 4) is 0 Å². The third-order valence-electron chi connectivity index (χ3n) is 2.64. The van der Waals surface area contributed by atoms with E-state index in [1.54, 1.807) is 0 Å². The van der Waals surface area contributed by atoms with Gasteiger partial charge in [0.15, 0.2) is 0 Å². The second kappa shape index (κ2) is 6.79. The van der Waals surface area contributed by atoms with Crippen molar-refractivity contribution < 1.29 is 9.59 Å². The number of carbonyl (C=O) groups excluding carboxylic acids is 2. The van der Waals surface area contributed by atoms with Crippen LogP contribution in [-0.4, -0.2) is 24.9 Å². The number of carbonyl (C=O) groups is 2. The molecule has 0 atom stereocenters. The summed E-state index contributed by atoms with van der Waals surface area (Å²) in [5.41, 5.74) is 2.84. The molecule has 0 aliphatic rings. The van der Waals surface area contributed by atoms with E-state index >= 15 is 0 Å². The molecule has 2 amide bonds. The summed E-state index contributed by atoms with van der Waals surface area (Å²) in [4.78, 5) is 22.5. The predicted molar refractivity (Wildman–Crippen MR) is 71.5 cm³/mol. The van der Waals surface area contributed by atoms with Crippen molar-refractivity contribution in [2.75, 3.05) is 13.1 Å². The van der Waals surface area contributed by atoms with Gasteiger partial charge in [0.2, 0.25) is 5.91 Å². The molecule has 0 saturated heterocycles. The van der Waals surface area contributed by atoms with Crippen LogP contribution in [0.1, 0.15) is 34.8 Å². The van der Waals surface area contributed by atoms with Gasteiger partial charge in [0.05, 0.1) is 0 Å². The maximum atomic E-state index is 11.9. The summed E-state index contributed by atoms with van der Waals surface area (Å²) < 4.78 is 0. The highest BCUT2D eigenvalue weighted by molar-refractivity contribution is 5.95. The molecule has 0 radical (unpaired) electrons. The van der Waals surface area contributed by atoms with Crippen LogP contribution in [0, 0.1) is 13.8 Å². The Kier molecular flexibility index (Phi) is 5.36. The van der Waals surface area contributed by atoms with E-state index in [-0.39, 0.29) is 11.8 Å². The quantitative estimate of drug-likeness (QED) is 0.777. The lowest BCUT2D eigenvalue weighted by Gasteiger charge is -2.08. The topological polar surface area (TPSA) is 58.2 Å². The fourth-order valence-corrected chi connectivity index (χ4v) is 1.72. The molecule has 1 aromatic rings. The normalized spacial score (nSPS) is 9.94. The smallest absolute Gasteiger partial charge is 0.251 e. The highest BCUT2D eigenvalue weighted by Gasteiger charge is 2.07. The molecule has 18 heavy (non-hydrogen) atoms. The number of benzene rings is 1. The van der Waals surface area contributed by atoms with Crippen LogP contribution in [0.4, 0.5) is 0 Å². The molecule has 98 valence electrons. The molecule has 4 nitrogen and oxygen atoms in total. The number of amides is 2. The van der Waals surface area contributed by atoms with Crippen molar-refractivity contribution in [3.05, 3.63) is 34.9 Å². The molecule has 1 rings (SSSR count). The first-order chi connectivity index (χ1) is 8.50. The number of hydrogen-bond donors (Lipinski definition) is 2. The summed E-state index contributed by atoms with van der Waals surface area (Å²) >= 11 is 0. The number of rotatable bonds is 5. The van der Waals surface area contributed by atoms with Crippen molar-refractivity contribution in [3.63, 3.8) is 0 Å². The van der Waals surface area contributed by atoms with E-state index in [9.17, 15) is 9.59 Å². The minimum Gasteiger partial charge on any atom is -0.356 e. The van der Waals surface area contributed by atoms with E-state index < -0.39 is 0 Å². The Morgan fingerprint density at radius 3 is 2.39 bits per heavy atom. The van der Waals surface area contributed by atoms with E-state index in [1.165, 1.54) is 6.92 Å². The van der Waals surface area contributed by atoms with Crippen molar-refractivity contribution in [1.29, 1.82) is 0 Å². The number of aryl methyl sites for hydroxylation is 2. The van der Waals surface area contributed by atoms with Crippen molar-refractivity contribution in [2.45, 2.75) is 27.2 Å². The molecule has 0 heterocycles. The molecule has 0 unspecified atom stereocenters. The largest absolute Gasteiger partial charge is 0.356 e. The second-order valence-electron chi connectivity index (χ2n) is 4.41. The van der Waals surface area contributed by atoms with E-state index in [1.807, 2.05) is 32.0 Å². The lowest BCUT2D eigenvalue weighted by molar-refractivity contribution is -0.118. The van der Waals surface area contributed by atoms with Crippen LogP contribution in [0.2, 0.25) is 0 Å². The lowest BCUT2D eigenvalue weighted by atomic mass is 10.1. The molecule has 0 saturated carbocycles. The van der Waals surface area contributed by atoms with E-state index in [2.05, 4.69) is 10.6 Å². The molecular weight excluding hydrogens is 228 g/mol.